The van der Waals surface area contributed by atoms with E-state index >= 15 is 0 Å². The number of piperazine rings is 1. The highest BCUT2D eigenvalue weighted by molar-refractivity contribution is 5.94. The predicted molar refractivity (Wildman–Crippen MR) is 115 cm³/mol. The van der Waals surface area contributed by atoms with E-state index in [2.05, 4.69) is 20.2 Å². The first-order valence-electron chi connectivity index (χ1n) is 10.9. The number of hydrogen-bond acceptors (Lipinski definition) is 5. The first-order chi connectivity index (χ1) is 14.7. The van der Waals surface area contributed by atoms with E-state index in [9.17, 15) is 9.59 Å². The molecule has 0 spiro atoms. The third-order valence-electron chi connectivity index (χ3n) is 6.05. The Balaban J connectivity index is 1.26. The van der Waals surface area contributed by atoms with E-state index in [0.29, 0.717) is 31.1 Å². The average molecular weight is 408 g/mol. The van der Waals surface area contributed by atoms with Crippen LogP contribution < -0.4 is 10.2 Å². The topological polar surface area (TPSA) is 78.4 Å². The lowest BCUT2D eigenvalue weighted by Crippen LogP contribution is -2.49. The van der Waals surface area contributed by atoms with Gasteiger partial charge in [0.2, 0.25) is 11.9 Å². The molecular weight excluding hydrogens is 378 g/mol. The molecular formula is C23H29N5O2. The normalized spacial score (nSPS) is 17.6. The van der Waals surface area contributed by atoms with Crippen molar-refractivity contribution >= 4 is 17.8 Å². The summed E-state index contributed by atoms with van der Waals surface area (Å²) in [7, 11) is 0. The molecule has 2 amide bonds. The number of nitrogens with one attached hydrogen (secondary N) is 1. The van der Waals surface area contributed by atoms with Crippen LogP contribution in [0, 0.1) is 5.92 Å². The summed E-state index contributed by atoms with van der Waals surface area (Å²) in [6, 6.07) is 9.38. The van der Waals surface area contributed by atoms with E-state index in [1.165, 1.54) is 6.42 Å². The van der Waals surface area contributed by atoms with Crippen LogP contribution in [0.2, 0.25) is 0 Å². The van der Waals surface area contributed by atoms with Crippen molar-refractivity contribution in [2.24, 2.45) is 5.92 Å². The van der Waals surface area contributed by atoms with Crippen molar-refractivity contribution in [3.63, 3.8) is 0 Å². The summed E-state index contributed by atoms with van der Waals surface area (Å²) in [5, 5.41) is 3.05. The van der Waals surface area contributed by atoms with Gasteiger partial charge in [0, 0.05) is 56.6 Å². The zero-order chi connectivity index (χ0) is 20.8. The Morgan fingerprint density at radius 3 is 2.27 bits per heavy atom. The number of nitrogens with zero attached hydrogens (tertiary/aromatic N) is 4. The Labute approximate surface area is 177 Å². The fourth-order valence-corrected chi connectivity index (χ4v) is 4.21. The molecule has 1 saturated heterocycles. The second-order valence-corrected chi connectivity index (χ2v) is 8.08. The molecule has 1 saturated carbocycles. The van der Waals surface area contributed by atoms with Crippen molar-refractivity contribution in [2.75, 3.05) is 31.1 Å². The van der Waals surface area contributed by atoms with E-state index in [0.717, 1.165) is 44.3 Å². The van der Waals surface area contributed by atoms with Gasteiger partial charge in [0.05, 0.1) is 0 Å². The van der Waals surface area contributed by atoms with Crippen molar-refractivity contribution in [3.8, 4) is 0 Å². The molecule has 2 aromatic rings. The van der Waals surface area contributed by atoms with E-state index in [4.69, 9.17) is 0 Å². The summed E-state index contributed by atoms with van der Waals surface area (Å²) in [5.74, 6) is 1.08. The molecule has 1 aromatic carbocycles. The highest BCUT2D eigenvalue weighted by Gasteiger charge is 2.23. The van der Waals surface area contributed by atoms with Crippen LogP contribution in [0.1, 0.15) is 48.0 Å². The summed E-state index contributed by atoms with van der Waals surface area (Å²) in [5.41, 5.74) is 1.70. The Morgan fingerprint density at radius 1 is 0.933 bits per heavy atom. The van der Waals surface area contributed by atoms with Gasteiger partial charge in [-0.2, -0.15) is 0 Å². The van der Waals surface area contributed by atoms with Gasteiger partial charge in [-0.3, -0.25) is 9.59 Å². The molecule has 30 heavy (non-hydrogen) atoms. The van der Waals surface area contributed by atoms with Crippen molar-refractivity contribution < 1.29 is 9.59 Å². The number of carbonyl (C=O) groups excluding carboxylic acids is 2. The molecule has 0 radical (unpaired) electrons. The first-order valence-corrected chi connectivity index (χ1v) is 10.9. The number of benzene rings is 1. The summed E-state index contributed by atoms with van der Waals surface area (Å²) < 4.78 is 0. The van der Waals surface area contributed by atoms with E-state index < -0.39 is 0 Å². The quantitative estimate of drug-likeness (QED) is 0.824. The molecule has 2 fully saturated rings. The Kier molecular flexibility index (Phi) is 6.57. The van der Waals surface area contributed by atoms with Crippen molar-refractivity contribution in [2.45, 2.75) is 38.6 Å². The number of carbonyl (C=O) groups is 2. The molecule has 158 valence electrons. The largest absolute Gasteiger partial charge is 0.352 e. The molecule has 1 N–H and O–H groups in total. The van der Waals surface area contributed by atoms with Gasteiger partial charge in [-0.25, -0.2) is 9.97 Å². The van der Waals surface area contributed by atoms with Crippen LogP contribution in [0.25, 0.3) is 0 Å². The number of aromatic nitrogens is 2. The average Bonchev–Trinajstić information content (AvgIpc) is 2.83. The number of hydrogen-bond donors (Lipinski definition) is 1. The monoisotopic (exact) mass is 407 g/mol. The SMILES string of the molecule is O=C(NCc1ccc(C(=O)N2CCN(c3ncccn3)CC2)cc1)C1CCCCC1. The molecule has 0 atom stereocenters. The molecule has 1 aliphatic heterocycles. The van der Waals surface area contributed by atoms with E-state index in [-0.39, 0.29) is 17.7 Å². The van der Waals surface area contributed by atoms with Crippen LogP contribution in [0.3, 0.4) is 0 Å². The minimum Gasteiger partial charge on any atom is -0.352 e. The Morgan fingerprint density at radius 2 is 1.60 bits per heavy atom. The second kappa shape index (κ2) is 9.69. The number of amides is 2. The smallest absolute Gasteiger partial charge is 0.253 e. The lowest BCUT2D eigenvalue weighted by molar-refractivity contribution is -0.126. The van der Waals surface area contributed by atoms with Crippen molar-refractivity contribution in [1.82, 2.24) is 20.2 Å². The molecule has 2 heterocycles. The standard InChI is InChI=1S/C23H29N5O2/c29-21(19-5-2-1-3-6-19)26-17-18-7-9-20(10-8-18)22(30)27-13-15-28(16-14-27)23-24-11-4-12-25-23/h4,7-12,19H,1-3,5-6,13-17H2,(H,26,29). The lowest BCUT2D eigenvalue weighted by Gasteiger charge is -2.34. The summed E-state index contributed by atoms with van der Waals surface area (Å²) in [4.78, 5) is 37.7. The molecule has 7 nitrogen and oxygen atoms in total. The van der Waals surface area contributed by atoms with Crippen LogP contribution in [-0.2, 0) is 11.3 Å². The summed E-state index contributed by atoms with van der Waals surface area (Å²) in [6.45, 7) is 3.26. The molecule has 7 heteroatoms. The van der Waals surface area contributed by atoms with Gasteiger partial charge in [0.1, 0.15) is 0 Å². The molecule has 0 bridgehead atoms. The number of anilines is 1. The van der Waals surface area contributed by atoms with E-state index in [1.807, 2.05) is 29.2 Å². The maximum atomic E-state index is 12.8. The summed E-state index contributed by atoms with van der Waals surface area (Å²) >= 11 is 0. The first kappa shape index (κ1) is 20.3. The van der Waals surface area contributed by atoms with Crippen LogP contribution >= 0.6 is 0 Å². The van der Waals surface area contributed by atoms with Gasteiger partial charge in [-0.15, -0.1) is 0 Å². The highest BCUT2D eigenvalue weighted by atomic mass is 16.2. The fraction of sp³-hybridized carbons (Fsp3) is 0.478. The predicted octanol–water partition coefficient (Wildman–Crippen LogP) is 2.64. The van der Waals surface area contributed by atoms with Gasteiger partial charge in [-0.1, -0.05) is 31.4 Å². The molecule has 0 unspecified atom stereocenters. The summed E-state index contributed by atoms with van der Waals surface area (Å²) in [6.07, 6.45) is 9.03. The second-order valence-electron chi connectivity index (χ2n) is 8.08. The van der Waals surface area contributed by atoms with Gasteiger partial charge in [0.25, 0.3) is 5.91 Å². The maximum absolute atomic E-state index is 12.8. The van der Waals surface area contributed by atoms with Gasteiger partial charge < -0.3 is 15.1 Å². The third kappa shape index (κ3) is 4.96. The minimum absolute atomic E-state index is 0.0430. The zero-order valence-corrected chi connectivity index (χ0v) is 17.3. The van der Waals surface area contributed by atoms with Crippen molar-refractivity contribution in [3.05, 3.63) is 53.9 Å². The third-order valence-corrected chi connectivity index (χ3v) is 6.05. The van der Waals surface area contributed by atoms with Gasteiger partial charge >= 0.3 is 0 Å². The lowest BCUT2D eigenvalue weighted by atomic mass is 9.88. The minimum atomic E-state index is 0.0430. The van der Waals surface area contributed by atoms with Crippen molar-refractivity contribution in [1.29, 1.82) is 0 Å². The molecule has 1 aromatic heterocycles. The van der Waals surface area contributed by atoms with E-state index in [1.54, 1.807) is 18.5 Å². The molecule has 1 aliphatic carbocycles. The van der Waals surface area contributed by atoms with Crippen LogP contribution in [0.15, 0.2) is 42.7 Å². The van der Waals surface area contributed by atoms with Gasteiger partial charge in [0.15, 0.2) is 0 Å². The van der Waals surface area contributed by atoms with Crippen LogP contribution in [0.5, 0.6) is 0 Å². The molecule has 2 aliphatic rings. The highest BCUT2D eigenvalue weighted by Crippen LogP contribution is 2.23. The zero-order valence-electron chi connectivity index (χ0n) is 17.3. The van der Waals surface area contributed by atoms with Gasteiger partial charge in [-0.05, 0) is 36.6 Å². The fourth-order valence-electron chi connectivity index (χ4n) is 4.21. The van der Waals surface area contributed by atoms with Crippen LogP contribution in [-0.4, -0.2) is 52.9 Å². The van der Waals surface area contributed by atoms with Crippen LogP contribution in [0.4, 0.5) is 5.95 Å². The number of rotatable bonds is 5. The molecule has 4 rings (SSSR count). The maximum Gasteiger partial charge on any atom is 0.253 e. The Bertz CT molecular complexity index is 842. The Hall–Kier alpha value is -2.96.